The lowest BCUT2D eigenvalue weighted by Gasteiger charge is -2.34. The molecule has 1 aliphatic carbocycles. The van der Waals surface area contributed by atoms with Gasteiger partial charge >= 0.3 is 11.8 Å². The predicted molar refractivity (Wildman–Crippen MR) is 115 cm³/mol. The van der Waals surface area contributed by atoms with E-state index in [1.54, 1.807) is 0 Å². The molecule has 0 bridgehead atoms. The molecule has 168 valence electrons. The fraction of sp³-hybridized carbons (Fsp3) is 0.565. The van der Waals surface area contributed by atoms with E-state index in [4.69, 9.17) is 14.2 Å². The van der Waals surface area contributed by atoms with Crippen LogP contribution >= 0.6 is 0 Å². The minimum absolute atomic E-state index is 0.0810. The lowest BCUT2D eigenvalue weighted by Crippen LogP contribution is -2.46. The van der Waals surface area contributed by atoms with Gasteiger partial charge in [0, 0.05) is 26.2 Å². The first-order valence-electron chi connectivity index (χ1n) is 11.2. The smallest absolute Gasteiger partial charge is 0.309 e. The van der Waals surface area contributed by atoms with E-state index >= 15 is 0 Å². The van der Waals surface area contributed by atoms with E-state index in [9.17, 15) is 9.59 Å². The van der Waals surface area contributed by atoms with Gasteiger partial charge in [-0.2, -0.15) is 0 Å². The third-order valence-corrected chi connectivity index (χ3v) is 6.05. The number of carbonyl (C=O) groups excluding carboxylic acids is 2. The molecule has 8 nitrogen and oxygen atoms in total. The van der Waals surface area contributed by atoms with Crippen molar-refractivity contribution < 1.29 is 23.8 Å². The number of nitrogens with zero attached hydrogens (tertiary/aromatic N) is 1. The third-order valence-electron chi connectivity index (χ3n) is 6.05. The lowest BCUT2D eigenvalue weighted by molar-refractivity contribution is -0.139. The van der Waals surface area contributed by atoms with E-state index in [1.807, 2.05) is 18.2 Å². The van der Waals surface area contributed by atoms with Crippen LogP contribution in [0.25, 0.3) is 0 Å². The highest BCUT2D eigenvalue weighted by atomic mass is 16.7. The van der Waals surface area contributed by atoms with E-state index in [-0.39, 0.29) is 12.8 Å². The van der Waals surface area contributed by atoms with E-state index in [2.05, 4.69) is 21.6 Å². The summed E-state index contributed by atoms with van der Waals surface area (Å²) in [5.41, 5.74) is 2.39. The van der Waals surface area contributed by atoms with Gasteiger partial charge in [0.25, 0.3) is 0 Å². The zero-order valence-electron chi connectivity index (χ0n) is 17.9. The van der Waals surface area contributed by atoms with Crippen molar-refractivity contribution >= 4 is 11.8 Å². The molecule has 2 N–H and O–H groups in total. The fourth-order valence-electron chi connectivity index (χ4n) is 4.29. The molecule has 2 amide bonds. The van der Waals surface area contributed by atoms with Crippen LogP contribution in [0.1, 0.15) is 43.7 Å². The Balaban J connectivity index is 1.32. The third kappa shape index (κ3) is 5.77. The van der Waals surface area contributed by atoms with Gasteiger partial charge in [-0.3, -0.25) is 14.5 Å². The number of carbonyl (C=O) groups is 2. The maximum absolute atomic E-state index is 12.4. The Hall–Kier alpha value is -2.58. The second-order valence-corrected chi connectivity index (χ2v) is 8.10. The summed E-state index contributed by atoms with van der Waals surface area (Å²) in [7, 11) is 0. The van der Waals surface area contributed by atoms with Gasteiger partial charge < -0.3 is 24.8 Å². The second kappa shape index (κ2) is 10.6. The first kappa shape index (κ1) is 21.6. The van der Waals surface area contributed by atoms with Crippen molar-refractivity contribution in [3.05, 3.63) is 35.4 Å². The Morgan fingerprint density at radius 2 is 1.84 bits per heavy atom. The molecular formula is C23H31N3O5. The summed E-state index contributed by atoms with van der Waals surface area (Å²) in [6.07, 6.45) is 7.74. The molecule has 0 unspecified atom stereocenters. The van der Waals surface area contributed by atoms with Crippen molar-refractivity contribution in [2.24, 2.45) is 0 Å². The van der Waals surface area contributed by atoms with Crippen LogP contribution in [-0.2, 0) is 14.3 Å². The summed E-state index contributed by atoms with van der Waals surface area (Å²) in [4.78, 5) is 26.9. The van der Waals surface area contributed by atoms with Gasteiger partial charge in [-0.05, 0) is 49.8 Å². The molecule has 1 atom stereocenters. The molecule has 0 spiro atoms. The number of hydrogen-bond acceptors (Lipinski definition) is 6. The monoisotopic (exact) mass is 429 g/mol. The van der Waals surface area contributed by atoms with Crippen LogP contribution in [0, 0.1) is 0 Å². The molecule has 0 radical (unpaired) electrons. The maximum Gasteiger partial charge on any atom is 0.309 e. The van der Waals surface area contributed by atoms with Gasteiger partial charge in [-0.25, -0.2) is 0 Å². The van der Waals surface area contributed by atoms with Crippen LogP contribution in [0.4, 0.5) is 0 Å². The molecule has 0 aromatic heterocycles. The average Bonchev–Trinajstić information content (AvgIpc) is 3.28. The molecule has 3 aliphatic rings. The summed E-state index contributed by atoms with van der Waals surface area (Å²) < 4.78 is 16.4. The summed E-state index contributed by atoms with van der Waals surface area (Å²) in [5, 5.41) is 5.56. The molecule has 1 aromatic carbocycles. The summed E-state index contributed by atoms with van der Waals surface area (Å²) in [6.45, 7) is 3.85. The minimum Gasteiger partial charge on any atom is -0.454 e. The van der Waals surface area contributed by atoms with Gasteiger partial charge in [0.1, 0.15) is 0 Å². The number of rotatable bonds is 7. The number of nitrogens with one attached hydrogen (secondary N) is 2. The first-order valence-corrected chi connectivity index (χ1v) is 11.2. The van der Waals surface area contributed by atoms with Crippen LogP contribution in [0.3, 0.4) is 0 Å². The summed E-state index contributed by atoms with van der Waals surface area (Å²) in [6, 6.07) is 5.74. The molecule has 8 heteroatoms. The van der Waals surface area contributed by atoms with Crippen LogP contribution in [0.5, 0.6) is 11.5 Å². The van der Waals surface area contributed by atoms with Crippen LogP contribution in [0.15, 0.2) is 29.8 Å². The molecule has 2 heterocycles. The molecule has 1 fully saturated rings. The molecule has 2 aliphatic heterocycles. The highest BCUT2D eigenvalue weighted by Gasteiger charge is 2.26. The SMILES string of the molecule is O=C(NCCC1=CCCCC1)C(=O)NC[C@H](c1ccc2c(c1)OCO2)N1CCOCC1. The second-order valence-electron chi connectivity index (χ2n) is 8.10. The van der Waals surface area contributed by atoms with Crippen LogP contribution < -0.4 is 20.1 Å². The van der Waals surface area contributed by atoms with E-state index in [0.717, 1.165) is 43.7 Å². The Kier molecular flexibility index (Phi) is 7.43. The zero-order chi connectivity index (χ0) is 21.5. The Morgan fingerprint density at radius 1 is 1.03 bits per heavy atom. The molecule has 1 saturated heterocycles. The normalized spacial score (nSPS) is 19.4. The van der Waals surface area contributed by atoms with Gasteiger partial charge in [-0.1, -0.05) is 17.7 Å². The number of benzene rings is 1. The van der Waals surface area contributed by atoms with E-state index in [1.165, 1.54) is 18.4 Å². The average molecular weight is 430 g/mol. The summed E-state index contributed by atoms with van der Waals surface area (Å²) in [5.74, 6) is 0.247. The van der Waals surface area contributed by atoms with Gasteiger partial charge in [0.05, 0.1) is 19.3 Å². The first-order chi connectivity index (χ1) is 15.2. The van der Waals surface area contributed by atoms with E-state index in [0.29, 0.717) is 32.1 Å². The highest BCUT2D eigenvalue weighted by Crippen LogP contribution is 2.35. The van der Waals surface area contributed by atoms with E-state index < -0.39 is 11.8 Å². The number of amides is 2. The van der Waals surface area contributed by atoms with Gasteiger partial charge in [0.2, 0.25) is 6.79 Å². The standard InChI is InChI=1S/C23H31N3O5/c27-22(24-9-8-17-4-2-1-3-5-17)23(28)25-15-19(26-10-12-29-13-11-26)18-6-7-20-21(14-18)31-16-30-20/h4,6-7,14,19H,1-3,5,8-13,15-16H2,(H,24,27)(H,25,28)/t19-/m1/s1. The van der Waals surface area contributed by atoms with Crippen molar-refractivity contribution in [3.8, 4) is 11.5 Å². The minimum atomic E-state index is -0.600. The van der Waals surface area contributed by atoms with Gasteiger partial charge in [0.15, 0.2) is 11.5 Å². The quantitative estimate of drug-likeness (QED) is 0.509. The largest absolute Gasteiger partial charge is 0.454 e. The Bertz CT molecular complexity index is 819. The van der Waals surface area contributed by atoms with Gasteiger partial charge in [-0.15, -0.1) is 0 Å². The van der Waals surface area contributed by atoms with Crippen molar-refractivity contribution in [2.75, 3.05) is 46.2 Å². The Morgan fingerprint density at radius 3 is 2.65 bits per heavy atom. The number of hydrogen-bond donors (Lipinski definition) is 2. The maximum atomic E-state index is 12.4. The zero-order valence-corrected chi connectivity index (χ0v) is 17.9. The highest BCUT2D eigenvalue weighted by molar-refractivity contribution is 6.35. The molecule has 31 heavy (non-hydrogen) atoms. The summed E-state index contributed by atoms with van der Waals surface area (Å²) >= 11 is 0. The molecular weight excluding hydrogens is 398 g/mol. The fourth-order valence-corrected chi connectivity index (χ4v) is 4.29. The predicted octanol–water partition coefficient (Wildman–Crippen LogP) is 1.91. The van der Waals surface area contributed by atoms with Crippen molar-refractivity contribution in [1.82, 2.24) is 15.5 Å². The molecule has 1 aromatic rings. The number of fused-ring (bicyclic) bond motifs is 1. The number of morpholine rings is 1. The van der Waals surface area contributed by atoms with Crippen molar-refractivity contribution in [1.29, 1.82) is 0 Å². The topological polar surface area (TPSA) is 89.1 Å². The Labute approximate surface area is 182 Å². The van der Waals surface area contributed by atoms with Crippen molar-refractivity contribution in [2.45, 2.75) is 38.1 Å². The van der Waals surface area contributed by atoms with Crippen LogP contribution in [0.2, 0.25) is 0 Å². The number of ether oxygens (including phenoxy) is 3. The van der Waals surface area contributed by atoms with Crippen molar-refractivity contribution in [3.63, 3.8) is 0 Å². The molecule has 0 saturated carbocycles. The lowest BCUT2D eigenvalue weighted by atomic mass is 9.97. The molecule has 4 rings (SSSR count). The number of allylic oxidation sites excluding steroid dienone is 1. The van der Waals surface area contributed by atoms with Crippen LogP contribution in [-0.4, -0.2) is 62.9 Å².